The molecule has 0 aromatic carbocycles. The van der Waals surface area contributed by atoms with E-state index < -0.39 is 5.97 Å². The summed E-state index contributed by atoms with van der Waals surface area (Å²) >= 11 is 0. The number of ketones is 1. The van der Waals surface area contributed by atoms with Crippen LogP contribution >= 0.6 is 0 Å². The maximum Gasteiger partial charge on any atom is 0.343 e. The second kappa shape index (κ2) is 6.07. The zero-order valence-electron chi connectivity index (χ0n) is 12.7. The van der Waals surface area contributed by atoms with Crippen LogP contribution in [0.15, 0.2) is 18.0 Å². The lowest BCUT2D eigenvalue weighted by Crippen LogP contribution is -2.20. The van der Waals surface area contributed by atoms with Gasteiger partial charge in [-0.2, -0.15) is 0 Å². The SMILES string of the molecule is CCOC(=O)/C(=C\N(C)C)C(=O)[C@H]1C[C@@H]1c1cn(C)nn1. The molecule has 1 aliphatic carbocycles. The van der Waals surface area contributed by atoms with Gasteiger partial charge in [-0.1, -0.05) is 5.21 Å². The van der Waals surface area contributed by atoms with Crippen molar-refractivity contribution in [1.82, 2.24) is 19.9 Å². The Kier molecular flexibility index (Phi) is 4.40. The third kappa shape index (κ3) is 3.48. The van der Waals surface area contributed by atoms with Crippen molar-refractivity contribution >= 4 is 11.8 Å². The van der Waals surface area contributed by atoms with Gasteiger partial charge in [0.05, 0.1) is 12.3 Å². The van der Waals surface area contributed by atoms with Gasteiger partial charge in [0.25, 0.3) is 0 Å². The molecule has 0 N–H and O–H groups in total. The van der Waals surface area contributed by atoms with E-state index in [0.717, 1.165) is 5.69 Å². The fourth-order valence-corrected chi connectivity index (χ4v) is 2.23. The second-order valence-electron chi connectivity index (χ2n) is 5.36. The Bertz CT molecular complexity index is 577. The molecule has 7 nitrogen and oxygen atoms in total. The molecule has 1 aromatic rings. The molecule has 0 radical (unpaired) electrons. The summed E-state index contributed by atoms with van der Waals surface area (Å²) in [6, 6.07) is 0. The molecular weight excluding hydrogens is 272 g/mol. The average Bonchev–Trinajstić information content (AvgIpc) is 3.10. The highest BCUT2D eigenvalue weighted by Crippen LogP contribution is 2.48. The summed E-state index contributed by atoms with van der Waals surface area (Å²) in [7, 11) is 5.31. The number of carbonyl (C=O) groups is 2. The molecule has 114 valence electrons. The number of Topliss-reactive ketones (excluding diaryl/α,β-unsaturated/α-hetero) is 1. The monoisotopic (exact) mass is 292 g/mol. The summed E-state index contributed by atoms with van der Waals surface area (Å²) < 4.78 is 6.57. The zero-order chi connectivity index (χ0) is 15.6. The smallest absolute Gasteiger partial charge is 0.343 e. The van der Waals surface area contributed by atoms with Gasteiger partial charge < -0.3 is 9.64 Å². The Hall–Kier alpha value is -2.18. The van der Waals surface area contributed by atoms with E-state index in [1.54, 1.807) is 43.8 Å². The Morgan fingerprint density at radius 3 is 2.76 bits per heavy atom. The van der Waals surface area contributed by atoms with Crippen LogP contribution < -0.4 is 0 Å². The molecule has 0 spiro atoms. The molecule has 0 bridgehead atoms. The van der Waals surface area contributed by atoms with E-state index in [2.05, 4.69) is 10.3 Å². The number of hydrogen-bond acceptors (Lipinski definition) is 6. The molecule has 1 aromatic heterocycles. The van der Waals surface area contributed by atoms with Crippen molar-refractivity contribution in [1.29, 1.82) is 0 Å². The highest BCUT2D eigenvalue weighted by atomic mass is 16.5. The van der Waals surface area contributed by atoms with Gasteiger partial charge in [-0.25, -0.2) is 4.79 Å². The van der Waals surface area contributed by atoms with Crippen LogP contribution in [0.2, 0.25) is 0 Å². The van der Waals surface area contributed by atoms with E-state index in [9.17, 15) is 9.59 Å². The van der Waals surface area contributed by atoms with Gasteiger partial charge in [0.15, 0.2) is 5.78 Å². The molecule has 0 amide bonds. The second-order valence-corrected chi connectivity index (χ2v) is 5.36. The number of carbonyl (C=O) groups excluding carboxylic acids is 2. The molecule has 1 heterocycles. The van der Waals surface area contributed by atoms with Crippen molar-refractivity contribution in [2.24, 2.45) is 13.0 Å². The van der Waals surface area contributed by atoms with Crippen LogP contribution in [-0.2, 0) is 21.4 Å². The average molecular weight is 292 g/mol. The summed E-state index contributed by atoms with van der Waals surface area (Å²) in [5.74, 6) is -0.915. The van der Waals surface area contributed by atoms with E-state index in [1.807, 2.05) is 0 Å². The Balaban J connectivity index is 2.12. The van der Waals surface area contributed by atoms with Crippen LogP contribution in [0.4, 0.5) is 0 Å². The van der Waals surface area contributed by atoms with E-state index in [0.29, 0.717) is 6.42 Å². The number of aryl methyl sites for hydroxylation is 1. The number of rotatable bonds is 6. The third-order valence-corrected chi connectivity index (χ3v) is 3.28. The standard InChI is InChI=1S/C14H20N4O3/c1-5-21-14(20)11(7-17(2)3)13(19)10-6-9(10)12-8-18(4)16-15-12/h7-10H,5-6H2,1-4H3/b11-7-/t9-,10-/m0/s1. The van der Waals surface area contributed by atoms with Crippen molar-refractivity contribution in [3.05, 3.63) is 23.7 Å². The molecule has 21 heavy (non-hydrogen) atoms. The summed E-state index contributed by atoms with van der Waals surface area (Å²) in [6.07, 6.45) is 4.02. The molecular formula is C14H20N4O3. The van der Waals surface area contributed by atoms with Crippen molar-refractivity contribution in [2.75, 3.05) is 20.7 Å². The first-order valence-corrected chi connectivity index (χ1v) is 6.89. The first-order valence-electron chi connectivity index (χ1n) is 6.89. The first kappa shape index (κ1) is 15.2. The van der Waals surface area contributed by atoms with Gasteiger partial charge in [-0.3, -0.25) is 9.48 Å². The molecule has 1 aliphatic rings. The molecule has 0 aliphatic heterocycles. The summed E-state index contributed by atoms with van der Waals surface area (Å²) in [5, 5.41) is 7.90. The molecule has 0 unspecified atom stereocenters. The predicted molar refractivity (Wildman–Crippen MR) is 75.3 cm³/mol. The normalized spacial score (nSPS) is 21.0. The highest BCUT2D eigenvalue weighted by Gasteiger charge is 2.47. The maximum absolute atomic E-state index is 12.5. The molecule has 1 fully saturated rings. The highest BCUT2D eigenvalue weighted by molar-refractivity contribution is 6.19. The van der Waals surface area contributed by atoms with Crippen LogP contribution in [0, 0.1) is 5.92 Å². The Morgan fingerprint density at radius 2 is 2.24 bits per heavy atom. The van der Waals surface area contributed by atoms with E-state index in [-0.39, 0.29) is 29.8 Å². The van der Waals surface area contributed by atoms with Crippen LogP contribution in [0.1, 0.15) is 25.0 Å². The summed E-state index contributed by atoms with van der Waals surface area (Å²) in [6.45, 7) is 1.96. The minimum atomic E-state index is -0.569. The molecule has 2 atom stereocenters. The fraction of sp³-hybridized carbons (Fsp3) is 0.571. The van der Waals surface area contributed by atoms with Crippen molar-refractivity contribution < 1.29 is 14.3 Å². The maximum atomic E-state index is 12.5. The van der Waals surface area contributed by atoms with Gasteiger partial charge in [-0.05, 0) is 13.3 Å². The minimum absolute atomic E-state index is 0.0474. The van der Waals surface area contributed by atoms with Crippen LogP contribution in [0.5, 0.6) is 0 Å². The third-order valence-electron chi connectivity index (χ3n) is 3.28. The minimum Gasteiger partial charge on any atom is -0.462 e. The van der Waals surface area contributed by atoms with Crippen molar-refractivity contribution in [3.63, 3.8) is 0 Å². The fourth-order valence-electron chi connectivity index (χ4n) is 2.23. The van der Waals surface area contributed by atoms with Crippen LogP contribution in [-0.4, -0.2) is 52.3 Å². The number of aromatic nitrogens is 3. The molecule has 7 heteroatoms. The zero-order valence-corrected chi connectivity index (χ0v) is 12.7. The lowest BCUT2D eigenvalue weighted by Gasteiger charge is -2.10. The number of hydrogen-bond donors (Lipinski definition) is 0. The molecule has 1 saturated carbocycles. The van der Waals surface area contributed by atoms with Gasteiger partial charge in [0, 0.05) is 45.4 Å². The van der Waals surface area contributed by atoms with E-state index >= 15 is 0 Å². The lowest BCUT2D eigenvalue weighted by molar-refractivity contribution is -0.140. The Labute approximate surface area is 123 Å². The lowest BCUT2D eigenvalue weighted by atomic mass is 10.1. The van der Waals surface area contributed by atoms with Crippen LogP contribution in [0.3, 0.4) is 0 Å². The van der Waals surface area contributed by atoms with Gasteiger partial charge in [0.2, 0.25) is 0 Å². The largest absolute Gasteiger partial charge is 0.462 e. The first-order chi connectivity index (χ1) is 9.93. The number of nitrogens with zero attached hydrogens (tertiary/aromatic N) is 4. The van der Waals surface area contributed by atoms with Gasteiger partial charge in [-0.15, -0.1) is 5.10 Å². The number of ether oxygens (including phenoxy) is 1. The Morgan fingerprint density at radius 1 is 1.52 bits per heavy atom. The molecule has 0 saturated heterocycles. The predicted octanol–water partition coefficient (Wildman–Crippen LogP) is 0.496. The van der Waals surface area contributed by atoms with Crippen molar-refractivity contribution in [3.8, 4) is 0 Å². The quantitative estimate of drug-likeness (QED) is 0.329. The van der Waals surface area contributed by atoms with E-state index in [1.165, 1.54) is 6.20 Å². The molecule has 2 rings (SSSR count). The van der Waals surface area contributed by atoms with Crippen LogP contribution in [0.25, 0.3) is 0 Å². The number of esters is 1. The van der Waals surface area contributed by atoms with Crippen molar-refractivity contribution in [2.45, 2.75) is 19.3 Å². The van der Waals surface area contributed by atoms with Gasteiger partial charge in [0.1, 0.15) is 5.57 Å². The summed E-state index contributed by atoms with van der Waals surface area (Å²) in [5.41, 5.74) is 0.891. The van der Waals surface area contributed by atoms with E-state index in [4.69, 9.17) is 4.74 Å². The topological polar surface area (TPSA) is 77.3 Å². The summed E-state index contributed by atoms with van der Waals surface area (Å²) in [4.78, 5) is 26.1. The van der Waals surface area contributed by atoms with Gasteiger partial charge >= 0.3 is 5.97 Å².